The highest BCUT2D eigenvalue weighted by molar-refractivity contribution is 6.30. The number of halogens is 1. The summed E-state index contributed by atoms with van der Waals surface area (Å²) in [5.41, 5.74) is 1.59. The van der Waals surface area contributed by atoms with Gasteiger partial charge < -0.3 is 15.0 Å². The SMILES string of the molecule is N#CC(NC(=O)[C@@H]1CCCN1C(=O)COCc1ccccc1)c1cccc(Cl)c1. The third-order valence-corrected chi connectivity index (χ3v) is 5.05. The van der Waals surface area contributed by atoms with Crippen molar-refractivity contribution in [3.63, 3.8) is 0 Å². The van der Waals surface area contributed by atoms with Crippen LogP contribution in [-0.4, -0.2) is 35.9 Å². The van der Waals surface area contributed by atoms with Gasteiger partial charge in [0.05, 0.1) is 12.7 Å². The molecule has 1 aliphatic heterocycles. The zero-order valence-corrected chi connectivity index (χ0v) is 16.6. The van der Waals surface area contributed by atoms with Crippen LogP contribution in [0.15, 0.2) is 54.6 Å². The van der Waals surface area contributed by atoms with Crippen LogP contribution in [0.3, 0.4) is 0 Å². The van der Waals surface area contributed by atoms with Gasteiger partial charge in [-0.25, -0.2) is 0 Å². The fourth-order valence-corrected chi connectivity index (χ4v) is 3.56. The minimum absolute atomic E-state index is 0.0886. The average molecular weight is 412 g/mol. The lowest BCUT2D eigenvalue weighted by Crippen LogP contribution is -2.47. The number of carbonyl (C=O) groups is 2. The molecule has 0 radical (unpaired) electrons. The topological polar surface area (TPSA) is 82.4 Å². The third kappa shape index (κ3) is 5.57. The third-order valence-electron chi connectivity index (χ3n) is 4.81. The highest BCUT2D eigenvalue weighted by Crippen LogP contribution is 2.21. The number of nitrogens with one attached hydrogen (secondary N) is 1. The number of hydrogen-bond acceptors (Lipinski definition) is 4. The summed E-state index contributed by atoms with van der Waals surface area (Å²) in [6.07, 6.45) is 1.29. The van der Waals surface area contributed by atoms with Gasteiger partial charge >= 0.3 is 0 Å². The molecular formula is C22H22ClN3O3. The van der Waals surface area contributed by atoms with Crippen LogP contribution in [0.5, 0.6) is 0 Å². The van der Waals surface area contributed by atoms with Gasteiger partial charge in [-0.3, -0.25) is 9.59 Å². The molecule has 0 aliphatic carbocycles. The number of nitrogens with zero attached hydrogens (tertiary/aromatic N) is 2. The summed E-state index contributed by atoms with van der Waals surface area (Å²) >= 11 is 5.98. The quantitative estimate of drug-likeness (QED) is 0.758. The Bertz CT molecular complexity index is 898. The lowest BCUT2D eigenvalue weighted by molar-refractivity contribution is -0.142. The Balaban J connectivity index is 1.56. The lowest BCUT2D eigenvalue weighted by Gasteiger charge is -2.25. The molecule has 150 valence electrons. The highest BCUT2D eigenvalue weighted by atomic mass is 35.5. The molecule has 1 aliphatic rings. The van der Waals surface area contributed by atoms with Crippen LogP contribution in [0.25, 0.3) is 0 Å². The van der Waals surface area contributed by atoms with E-state index in [-0.39, 0.29) is 18.4 Å². The molecule has 7 heteroatoms. The average Bonchev–Trinajstić information content (AvgIpc) is 3.23. The van der Waals surface area contributed by atoms with Crippen molar-refractivity contribution in [3.05, 3.63) is 70.7 Å². The van der Waals surface area contributed by atoms with E-state index in [1.54, 1.807) is 24.3 Å². The Labute approximate surface area is 175 Å². The van der Waals surface area contributed by atoms with Gasteiger partial charge in [-0.2, -0.15) is 5.26 Å². The van der Waals surface area contributed by atoms with E-state index in [1.807, 2.05) is 30.3 Å². The van der Waals surface area contributed by atoms with Crippen molar-refractivity contribution in [2.24, 2.45) is 0 Å². The van der Waals surface area contributed by atoms with Gasteiger partial charge in [0, 0.05) is 11.6 Å². The highest BCUT2D eigenvalue weighted by Gasteiger charge is 2.35. The molecule has 3 rings (SSSR count). The molecule has 1 N–H and O–H groups in total. The first-order valence-corrected chi connectivity index (χ1v) is 9.83. The molecular weight excluding hydrogens is 390 g/mol. The van der Waals surface area contributed by atoms with E-state index < -0.39 is 12.1 Å². The summed E-state index contributed by atoms with van der Waals surface area (Å²) in [7, 11) is 0. The van der Waals surface area contributed by atoms with E-state index in [0.717, 1.165) is 12.0 Å². The maximum absolute atomic E-state index is 12.8. The number of amides is 2. The van der Waals surface area contributed by atoms with E-state index in [4.69, 9.17) is 16.3 Å². The van der Waals surface area contributed by atoms with Gasteiger partial charge in [-0.1, -0.05) is 54.1 Å². The Morgan fingerprint density at radius 2 is 2.03 bits per heavy atom. The Kier molecular flexibility index (Phi) is 7.23. The minimum atomic E-state index is -0.826. The van der Waals surface area contributed by atoms with Crippen molar-refractivity contribution >= 4 is 23.4 Å². The second-order valence-corrected chi connectivity index (χ2v) is 7.29. The van der Waals surface area contributed by atoms with Crippen molar-refractivity contribution < 1.29 is 14.3 Å². The smallest absolute Gasteiger partial charge is 0.249 e. The molecule has 29 heavy (non-hydrogen) atoms. The molecule has 0 spiro atoms. The summed E-state index contributed by atoms with van der Waals surface area (Å²) in [6, 6.07) is 17.0. The first kappa shape index (κ1) is 20.8. The Morgan fingerprint density at radius 3 is 2.76 bits per heavy atom. The van der Waals surface area contributed by atoms with Crippen molar-refractivity contribution in [1.82, 2.24) is 10.2 Å². The van der Waals surface area contributed by atoms with Crippen LogP contribution in [-0.2, 0) is 20.9 Å². The van der Waals surface area contributed by atoms with Crippen LogP contribution < -0.4 is 5.32 Å². The number of carbonyl (C=O) groups excluding carboxylic acids is 2. The van der Waals surface area contributed by atoms with Gasteiger partial charge in [0.15, 0.2) is 0 Å². The zero-order valence-electron chi connectivity index (χ0n) is 15.9. The molecule has 1 fully saturated rings. The number of likely N-dealkylation sites (tertiary alicyclic amines) is 1. The predicted molar refractivity (Wildman–Crippen MR) is 109 cm³/mol. The van der Waals surface area contributed by atoms with Crippen molar-refractivity contribution in [2.45, 2.75) is 31.5 Å². The summed E-state index contributed by atoms with van der Waals surface area (Å²) in [5.74, 6) is -0.569. The normalized spacial score (nSPS) is 16.8. The van der Waals surface area contributed by atoms with E-state index in [1.165, 1.54) is 4.90 Å². The van der Waals surface area contributed by atoms with Gasteiger partial charge in [0.1, 0.15) is 18.7 Å². The Morgan fingerprint density at radius 1 is 1.24 bits per heavy atom. The van der Waals surface area contributed by atoms with Gasteiger partial charge in [-0.05, 0) is 36.1 Å². The first-order valence-electron chi connectivity index (χ1n) is 9.45. The standard InChI is InChI=1S/C22H22ClN3O3/c23-18-9-4-8-17(12-18)19(13-24)25-22(28)20-10-5-11-26(20)21(27)15-29-14-16-6-2-1-3-7-16/h1-4,6-9,12,19-20H,5,10-11,14-15H2,(H,25,28)/t19?,20-/m0/s1. The first-order chi connectivity index (χ1) is 14.1. The van der Waals surface area contributed by atoms with E-state index >= 15 is 0 Å². The van der Waals surface area contributed by atoms with Crippen LogP contribution in [0.1, 0.15) is 30.0 Å². The second kappa shape index (κ2) is 10.1. The van der Waals surface area contributed by atoms with Crippen LogP contribution in [0.4, 0.5) is 0 Å². The van der Waals surface area contributed by atoms with Crippen LogP contribution in [0.2, 0.25) is 5.02 Å². The molecule has 1 saturated heterocycles. The summed E-state index contributed by atoms with van der Waals surface area (Å²) in [6.45, 7) is 0.747. The summed E-state index contributed by atoms with van der Waals surface area (Å²) in [5, 5.41) is 12.7. The fraction of sp³-hybridized carbons (Fsp3) is 0.318. The molecule has 2 amide bonds. The van der Waals surface area contributed by atoms with E-state index in [9.17, 15) is 14.9 Å². The molecule has 2 atom stereocenters. The van der Waals surface area contributed by atoms with Gasteiger partial charge in [-0.15, -0.1) is 0 Å². The largest absolute Gasteiger partial charge is 0.367 e. The maximum Gasteiger partial charge on any atom is 0.249 e. The fourth-order valence-electron chi connectivity index (χ4n) is 3.37. The molecule has 6 nitrogen and oxygen atoms in total. The second-order valence-electron chi connectivity index (χ2n) is 6.85. The number of ether oxygens (including phenoxy) is 1. The molecule has 0 saturated carbocycles. The Hall–Kier alpha value is -2.88. The van der Waals surface area contributed by atoms with Crippen LogP contribution in [0, 0.1) is 11.3 Å². The predicted octanol–water partition coefficient (Wildman–Crippen LogP) is 3.23. The molecule has 0 bridgehead atoms. The minimum Gasteiger partial charge on any atom is -0.367 e. The monoisotopic (exact) mass is 411 g/mol. The van der Waals surface area contributed by atoms with Gasteiger partial charge in [0.2, 0.25) is 11.8 Å². The van der Waals surface area contributed by atoms with Crippen LogP contribution >= 0.6 is 11.6 Å². The number of rotatable bonds is 7. The number of benzene rings is 2. The molecule has 2 aromatic rings. The lowest BCUT2D eigenvalue weighted by atomic mass is 10.1. The van der Waals surface area contributed by atoms with Crippen molar-refractivity contribution in [3.8, 4) is 6.07 Å². The van der Waals surface area contributed by atoms with Gasteiger partial charge in [0.25, 0.3) is 0 Å². The molecule has 1 unspecified atom stereocenters. The summed E-state index contributed by atoms with van der Waals surface area (Å²) < 4.78 is 5.52. The zero-order chi connectivity index (χ0) is 20.6. The van der Waals surface area contributed by atoms with Crippen molar-refractivity contribution in [2.75, 3.05) is 13.2 Å². The van der Waals surface area contributed by atoms with E-state index in [2.05, 4.69) is 11.4 Å². The number of nitriles is 1. The van der Waals surface area contributed by atoms with E-state index in [0.29, 0.717) is 30.2 Å². The molecule has 1 heterocycles. The van der Waals surface area contributed by atoms with Crippen molar-refractivity contribution in [1.29, 1.82) is 5.26 Å². The summed E-state index contributed by atoms with van der Waals surface area (Å²) in [4.78, 5) is 26.8. The molecule has 0 aromatic heterocycles. The number of hydrogen-bond donors (Lipinski definition) is 1. The maximum atomic E-state index is 12.8. The molecule has 2 aromatic carbocycles.